The van der Waals surface area contributed by atoms with Crippen LogP contribution in [0.4, 0.5) is 0 Å². The number of aromatic nitrogens is 1. The number of hydrogen-bond donors (Lipinski definition) is 1. The number of aliphatic hydroxyl groups excluding tert-OH is 1. The minimum Gasteiger partial charge on any atom is -0.407 e. The molecule has 0 aliphatic heterocycles. The third-order valence-electron chi connectivity index (χ3n) is 3.39. The summed E-state index contributed by atoms with van der Waals surface area (Å²) in [6, 6.07) is 6.75. The van der Waals surface area contributed by atoms with Crippen LogP contribution in [0.3, 0.4) is 0 Å². The molecule has 0 fully saturated rings. The first-order valence-corrected chi connectivity index (χ1v) is 6.74. The van der Waals surface area contributed by atoms with Crippen LogP contribution in [0.1, 0.15) is 32.0 Å². The fourth-order valence-electron chi connectivity index (χ4n) is 2.23. The number of nitrogens with zero attached hydrogens (tertiary/aromatic N) is 1. The van der Waals surface area contributed by atoms with Gasteiger partial charge in [0.2, 0.25) is 5.91 Å². The molecule has 0 saturated heterocycles. The predicted molar refractivity (Wildman–Crippen MR) is 75.7 cm³/mol. The van der Waals surface area contributed by atoms with E-state index >= 15 is 0 Å². The molecule has 5 heteroatoms. The number of aliphatic hydroxyl groups is 1. The molecule has 1 aromatic heterocycles. The molecule has 2 atom stereocenters. The number of carbonyl (C=O) groups is 1. The van der Waals surface area contributed by atoms with Crippen molar-refractivity contribution in [3.8, 4) is 0 Å². The summed E-state index contributed by atoms with van der Waals surface area (Å²) in [5, 5.41) is 10.1. The fraction of sp³-hybridized carbons (Fsp3) is 0.467. The molecule has 108 valence electrons. The van der Waals surface area contributed by atoms with Crippen molar-refractivity contribution < 1.29 is 14.3 Å². The Balaban J connectivity index is 2.36. The highest BCUT2D eigenvalue weighted by Gasteiger charge is 2.27. The molecule has 5 nitrogen and oxygen atoms in total. The van der Waals surface area contributed by atoms with Gasteiger partial charge in [0, 0.05) is 0 Å². The Morgan fingerprint density at radius 2 is 1.95 bits per heavy atom. The van der Waals surface area contributed by atoms with E-state index < -0.39 is 23.7 Å². The third-order valence-corrected chi connectivity index (χ3v) is 3.39. The summed E-state index contributed by atoms with van der Waals surface area (Å²) in [6.07, 6.45) is -0.264. The molecule has 0 unspecified atom stereocenters. The van der Waals surface area contributed by atoms with Crippen molar-refractivity contribution >= 4 is 17.0 Å². The zero-order chi connectivity index (χ0) is 14.9. The van der Waals surface area contributed by atoms with E-state index in [9.17, 15) is 14.7 Å². The number of rotatable bonds is 4. The van der Waals surface area contributed by atoms with Gasteiger partial charge in [0.1, 0.15) is 0 Å². The molecular formula is C15H19NO4. The van der Waals surface area contributed by atoms with Crippen LogP contribution in [0.2, 0.25) is 0 Å². The van der Waals surface area contributed by atoms with Crippen LogP contribution < -0.4 is 5.76 Å². The predicted octanol–water partition coefficient (Wildman–Crippen LogP) is 2.28. The van der Waals surface area contributed by atoms with E-state index in [-0.39, 0.29) is 5.92 Å². The maximum absolute atomic E-state index is 12.4. The minimum atomic E-state index is -0.775. The molecule has 0 aliphatic rings. The number of oxazole rings is 1. The standard InChI is InChI=1S/C15H19NO4/c1-9(2)8-12(17)10(3)14(18)16-11-6-4-5-7-13(11)20-15(16)19/h4-7,9-10,12,17H,8H2,1-3H3/t10-,12+/m0/s1. The fourth-order valence-corrected chi connectivity index (χ4v) is 2.23. The van der Waals surface area contributed by atoms with Gasteiger partial charge < -0.3 is 9.52 Å². The van der Waals surface area contributed by atoms with Crippen molar-refractivity contribution in [2.24, 2.45) is 11.8 Å². The lowest BCUT2D eigenvalue weighted by atomic mass is 9.95. The molecule has 0 bridgehead atoms. The maximum atomic E-state index is 12.4. The summed E-state index contributed by atoms with van der Waals surface area (Å²) in [7, 11) is 0. The molecule has 2 aromatic rings. The lowest BCUT2D eigenvalue weighted by Crippen LogP contribution is -2.34. The van der Waals surface area contributed by atoms with E-state index in [0.717, 1.165) is 4.57 Å². The maximum Gasteiger partial charge on any atom is 0.426 e. The van der Waals surface area contributed by atoms with Gasteiger partial charge in [-0.3, -0.25) is 4.79 Å². The molecule has 2 rings (SSSR count). The first-order chi connectivity index (χ1) is 9.41. The van der Waals surface area contributed by atoms with Crippen LogP contribution in [-0.2, 0) is 0 Å². The Morgan fingerprint density at radius 3 is 2.60 bits per heavy atom. The molecule has 0 saturated carbocycles. The molecule has 1 aromatic carbocycles. The highest BCUT2D eigenvalue weighted by atomic mass is 16.4. The van der Waals surface area contributed by atoms with Gasteiger partial charge in [0.05, 0.1) is 17.5 Å². The van der Waals surface area contributed by atoms with Gasteiger partial charge in [-0.2, -0.15) is 0 Å². The van der Waals surface area contributed by atoms with Crippen LogP contribution in [-0.4, -0.2) is 21.7 Å². The zero-order valence-corrected chi connectivity index (χ0v) is 11.9. The van der Waals surface area contributed by atoms with E-state index in [0.29, 0.717) is 17.5 Å². The summed E-state index contributed by atoms with van der Waals surface area (Å²) in [6.45, 7) is 5.57. The lowest BCUT2D eigenvalue weighted by Gasteiger charge is -2.19. The first kappa shape index (κ1) is 14.5. The van der Waals surface area contributed by atoms with Crippen LogP contribution in [0.5, 0.6) is 0 Å². The van der Waals surface area contributed by atoms with Gasteiger partial charge in [0.15, 0.2) is 5.58 Å². The summed E-state index contributed by atoms with van der Waals surface area (Å²) >= 11 is 0. The number of fused-ring (bicyclic) bond motifs is 1. The van der Waals surface area contributed by atoms with E-state index in [1.807, 2.05) is 13.8 Å². The van der Waals surface area contributed by atoms with E-state index in [4.69, 9.17) is 4.42 Å². The SMILES string of the molecule is CC(C)C[C@@H](O)[C@H](C)C(=O)n1c(=O)oc2ccccc21. The second-order valence-electron chi connectivity index (χ2n) is 5.49. The van der Waals surface area contributed by atoms with E-state index in [1.165, 1.54) is 0 Å². The smallest absolute Gasteiger partial charge is 0.407 e. The number of benzene rings is 1. The number of para-hydroxylation sites is 2. The van der Waals surface area contributed by atoms with Crippen molar-refractivity contribution in [1.29, 1.82) is 0 Å². The van der Waals surface area contributed by atoms with Gasteiger partial charge in [0.25, 0.3) is 0 Å². The zero-order valence-electron chi connectivity index (χ0n) is 11.9. The van der Waals surface area contributed by atoms with E-state index in [2.05, 4.69) is 0 Å². The van der Waals surface area contributed by atoms with Crippen molar-refractivity contribution in [3.05, 3.63) is 34.8 Å². The molecule has 0 spiro atoms. The Hall–Kier alpha value is -1.88. The molecule has 1 N–H and O–H groups in total. The Kier molecular flexibility index (Phi) is 4.09. The normalized spacial score (nSPS) is 14.7. The van der Waals surface area contributed by atoms with Crippen molar-refractivity contribution in [1.82, 2.24) is 4.57 Å². The third kappa shape index (κ3) is 2.67. The molecule has 0 radical (unpaired) electrons. The highest BCUT2D eigenvalue weighted by molar-refractivity contribution is 5.90. The summed E-state index contributed by atoms with van der Waals surface area (Å²) in [4.78, 5) is 24.2. The Bertz CT molecular complexity index is 668. The number of hydrogen-bond acceptors (Lipinski definition) is 4. The van der Waals surface area contributed by atoms with Crippen LogP contribution >= 0.6 is 0 Å². The Morgan fingerprint density at radius 1 is 1.30 bits per heavy atom. The minimum absolute atomic E-state index is 0.276. The second-order valence-corrected chi connectivity index (χ2v) is 5.49. The number of carbonyl (C=O) groups excluding carboxylic acids is 1. The molecule has 0 aliphatic carbocycles. The van der Waals surface area contributed by atoms with Crippen molar-refractivity contribution in [2.75, 3.05) is 0 Å². The van der Waals surface area contributed by atoms with E-state index in [1.54, 1.807) is 31.2 Å². The first-order valence-electron chi connectivity index (χ1n) is 6.74. The molecule has 20 heavy (non-hydrogen) atoms. The average Bonchev–Trinajstić information content (AvgIpc) is 2.72. The molecule has 1 heterocycles. The second kappa shape index (κ2) is 5.63. The topological polar surface area (TPSA) is 72.4 Å². The molecule has 0 amide bonds. The lowest BCUT2D eigenvalue weighted by molar-refractivity contribution is 0.0571. The van der Waals surface area contributed by atoms with Crippen LogP contribution in [0.15, 0.2) is 33.5 Å². The summed E-state index contributed by atoms with van der Waals surface area (Å²) in [5.41, 5.74) is 0.808. The Labute approximate surface area is 116 Å². The highest BCUT2D eigenvalue weighted by Crippen LogP contribution is 2.18. The van der Waals surface area contributed by atoms with Crippen molar-refractivity contribution in [2.45, 2.75) is 33.3 Å². The van der Waals surface area contributed by atoms with Crippen molar-refractivity contribution in [3.63, 3.8) is 0 Å². The monoisotopic (exact) mass is 277 g/mol. The van der Waals surface area contributed by atoms with Gasteiger partial charge in [-0.25, -0.2) is 9.36 Å². The van der Waals surface area contributed by atoms with Gasteiger partial charge >= 0.3 is 5.76 Å². The summed E-state index contributed by atoms with van der Waals surface area (Å²) < 4.78 is 6.04. The largest absolute Gasteiger partial charge is 0.426 e. The van der Waals surface area contributed by atoms with Gasteiger partial charge in [-0.05, 0) is 24.5 Å². The summed E-state index contributed by atoms with van der Waals surface area (Å²) in [5.74, 6) is -1.53. The quantitative estimate of drug-likeness (QED) is 0.930. The van der Waals surface area contributed by atoms with Crippen LogP contribution in [0, 0.1) is 11.8 Å². The van der Waals surface area contributed by atoms with Crippen LogP contribution in [0.25, 0.3) is 11.1 Å². The van der Waals surface area contributed by atoms with Gasteiger partial charge in [-0.15, -0.1) is 0 Å². The average molecular weight is 277 g/mol. The van der Waals surface area contributed by atoms with Gasteiger partial charge in [-0.1, -0.05) is 32.9 Å². The molecular weight excluding hydrogens is 258 g/mol.